The standard InChI is InChI=1S/C16H22O7/c1-5-13(17)21-10-16(9-20-8-4,11-22-14(18)6-2)12-23-15(19)7-3/h5-7H,1-3,8-12H2,4H3. The highest BCUT2D eigenvalue weighted by Gasteiger charge is 2.36. The Morgan fingerprint density at radius 1 is 0.783 bits per heavy atom. The summed E-state index contributed by atoms with van der Waals surface area (Å²) in [5.41, 5.74) is -1.05. The monoisotopic (exact) mass is 326 g/mol. The number of hydrogen-bond donors (Lipinski definition) is 0. The van der Waals surface area contributed by atoms with E-state index in [1.807, 2.05) is 0 Å². The molecule has 0 unspecified atom stereocenters. The zero-order valence-electron chi connectivity index (χ0n) is 13.2. The fourth-order valence-corrected chi connectivity index (χ4v) is 1.42. The van der Waals surface area contributed by atoms with E-state index < -0.39 is 23.3 Å². The second-order valence-corrected chi connectivity index (χ2v) is 4.57. The molecule has 0 saturated carbocycles. The van der Waals surface area contributed by atoms with E-state index in [2.05, 4.69) is 19.7 Å². The Morgan fingerprint density at radius 2 is 1.13 bits per heavy atom. The molecule has 128 valence electrons. The Bertz CT molecular complexity index is 394. The first-order valence-electron chi connectivity index (χ1n) is 6.88. The van der Waals surface area contributed by atoms with Gasteiger partial charge >= 0.3 is 17.9 Å². The Balaban J connectivity index is 5.12. The molecule has 0 aliphatic heterocycles. The van der Waals surface area contributed by atoms with Gasteiger partial charge in [-0.1, -0.05) is 19.7 Å². The fourth-order valence-electron chi connectivity index (χ4n) is 1.42. The topological polar surface area (TPSA) is 88.1 Å². The summed E-state index contributed by atoms with van der Waals surface area (Å²) in [6.45, 7) is 11.5. The summed E-state index contributed by atoms with van der Waals surface area (Å²) in [4.78, 5) is 33.9. The third kappa shape index (κ3) is 8.57. The van der Waals surface area contributed by atoms with Gasteiger partial charge in [0.25, 0.3) is 0 Å². The highest BCUT2D eigenvalue weighted by Crippen LogP contribution is 2.21. The van der Waals surface area contributed by atoms with Crippen LogP contribution in [0.15, 0.2) is 38.0 Å². The third-order valence-electron chi connectivity index (χ3n) is 2.67. The van der Waals surface area contributed by atoms with Gasteiger partial charge in [-0.2, -0.15) is 0 Å². The van der Waals surface area contributed by atoms with Crippen LogP contribution in [-0.2, 0) is 33.3 Å². The van der Waals surface area contributed by atoms with Crippen LogP contribution in [0.1, 0.15) is 6.92 Å². The molecule has 0 rings (SSSR count). The number of rotatable bonds is 12. The third-order valence-corrected chi connectivity index (χ3v) is 2.67. The molecule has 0 N–H and O–H groups in total. The van der Waals surface area contributed by atoms with Gasteiger partial charge in [0.15, 0.2) is 0 Å². The van der Waals surface area contributed by atoms with E-state index >= 15 is 0 Å². The predicted octanol–water partition coefficient (Wildman–Crippen LogP) is 1.20. The molecule has 0 spiro atoms. The van der Waals surface area contributed by atoms with Gasteiger partial charge in [-0.05, 0) is 6.92 Å². The minimum Gasteiger partial charge on any atom is -0.462 e. The summed E-state index contributed by atoms with van der Waals surface area (Å²) < 4.78 is 20.4. The summed E-state index contributed by atoms with van der Waals surface area (Å²) >= 11 is 0. The van der Waals surface area contributed by atoms with E-state index in [9.17, 15) is 14.4 Å². The molecule has 0 bridgehead atoms. The van der Waals surface area contributed by atoms with Gasteiger partial charge in [0, 0.05) is 24.8 Å². The van der Waals surface area contributed by atoms with Crippen molar-refractivity contribution in [1.82, 2.24) is 0 Å². The lowest BCUT2D eigenvalue weighted by atomic mass is 9.92. The first-order chi connectivity index (χ1) is 10.9. The van der Waals surface area contributed by atoms with Crippen molar-refractivity contribution in [3.05, 3.63) is 38.0 Å². The van der Waals surface area contributed by atoms with Crippen LogP contribution in [0.2, 0.25) is 0 Å². The van der Waals surface area contributed by atoms with Crippen LogP contribution in [0, 0.1) is 5.41 Å². The van der Waals surface area contributed by atoms with E-state index in [1.54, 1.807) is 6.92 Å². The molecule has 0 aliphatic carbocycles. The molecule has 0 aliphatic rings. The first-order valence-corrected chi connectivity index (χ1v) is 6.88. The molecule has 0 aromatic rings. The summed E-state index contributed by atoms with van der Waals surface area (Å²) in [7, 11) is 0. The van der Waals surface area contributed by atoms with Gasteiger partial charge in [-0.25, -0.2) is 14.4 Å². The van der Waals surface area contributed by atoms with Gasteiger partial charge in [-0.15, -0.1) is 0 Å². The van der Waals surface area contributed by atoms with Crippen molar-refractivity contribution in [1.29, 1.82) is 0 Å². The molecule has 23 heavy (non-hydrogen) atoms. The number of ether oxygens (including phenoxy) is 4. The van der Waals surface area contributed by atoms with Crippen molar-refractivity contribution in [2.24, 2.45) is 5.41 Å². The zero-order valence-corrected chi connectivity index (χ0v) is 13.2. The lowest BCUT2D eigenvalue weighted by molar-refractivity contribution is -0.161. The van der Waals surface area contributed by atoms with Crippen LogP contribution < -0.4 is 0 Å². The summed E-state index contributed by atoms with van der Waals surface area (Å²) in [6.07, 6.45) is 2.99. The maximum Gasteiger partial charge on any atom is 0.330 e. The Labute approximate surface area is 135 Å². The van der Waals surface area contributed by atoms with Gasteiger partial charge in [0.1, 0.15) is 19.8 Å². The first kappa shape index (κ1) is 20.6. The predicted molar refractivity (Wildman–Crippen MR) is 82.4 cm³/mol. The molecule has 7 heteroatoms. The van der Waals surface area contributed by atoms with E-state index in [-0.39, 0.29) is 26.4 Å². The highest BCUT2D eigenvalue weighted by molar-refractivity contribution is 5.82. The van der Waals surface area contributed by atoms with Crippen molar-refractivity contribution in [3.8, 4) is 0 Å². The minimum atomic E-state index is -1.05. The molecule has 0 amide bonds. The summed E-state index contributed by atoms with van der Waals surface area (Å²) in [5, 5.41) is 0. The van der Waals surface area contributed by atoms with Crippen molar-refractivity contribution in [2.45, 2.75) is 6.92 Å². The van der Waals surface area contributed by atoms with Crippen LogP contribution in [0.3, 0.4) is 0 Å². The molecule has 0 heterocycles. The SMILES string of the molecule is C=CC(=O)OCC(COCC)(COC(=O)C=C)COC(=O)C=C. The molecule has 0 fully saturated rings. The fraction of sp³-hybridized carbons (Fsp3) is 0.438. The van der Waals surface area contributed by atoms with Gasteiger partial charge in [0.2, 0.25) is 0 Å². The normalized spacial score (nSPS) is 10.3. The average molecular weight is 326 g/mol. The lowest BCUT2D eigenvalue weighted by Crippen LogP contribution is -2.43. The molecule has 0 aromatic heterocycles. The number of hydrogen-bond acceptors (Lipinski definition) is 7. The molecular weight excluding hydrogens is 304 g/mol. The highest BCUT2D eigenvalue weighted by atomic mass is 16.6. The maximum absolute atomic E-state index is 11.3. The molecule has 7 nitrogen and oxygen atoms in total. The average Bonchev–Trinajstić information content (AvgIpc) is 2.59. The smallest absolute Gasteiger partial charge is 0.330 e. The number of carbonyl (C=O) groups is 3. The molecule has 0 saturated heterocycles. The zero-order chi connectivity index (χ0) is 17.7. The van der Waals surface area contributed by atoms with E-state index in [0.717, 1.165) is 18.2 Å². The summed E-state index contributed by atoms with van der Waals surface area (Å²) in [5.74, 6) is -1.97. The molecular formula is C16H22O7. The van der Waals surface area contributed by atoms with Crippen molar-refractivity contribution >= 4 is 17.9 Å². The Kier molecular flexibility index (Phi) is 10.0. The van der Waals surface area contributed by atoms with Gasteiger partial charge in [-0.3, -0.25) is 0 Å². The van der Waals surface area contributed by atoms with Crippen molar-refractivity contribution < 1.29 is 33.3 Å². The second-order valence-electron chi connectivity index (χ2n) is 4.57. The summed E-state index contributed by atoms with van der Waals surface area (Å²) in [6, 6.07) is 0. The number of carbonyl (C=O) groups excluding carboxylic acids is 3. The van der Waals surface area contributed by atoms with Crippen LogP contribution >= 0.6 is 0 Å². The van der Waals surface area contributed by atoms with Crippen LogP contribution in [0.4, 0.5) is 0 Å². The lowest BCUT2D eigenvalue weighted by Gasteiger charge is -2.31. The van der Waals surface area contributed by atoms with Gasteiger partial charge in [0.05, 0.1) is 12.0 Å². The van der Waals surface area contributed by atoms with E-state index in [4.69, 9.17) is 18.9 Å². The maximum atomic E-state index is 11.3. The number of esters is 3. The van der Waals surface area contributed by atoms with E-state index in [1.165, 1.54) is 0 Å². The van der Waals surface area contributed by atoms with Crippen LogP contribution in [0.5, 0.6) is 0 Å². The van der Waals surface area contributed by atoms with Crippen LogP contribution in [-0.4, -0.2) is 50.9 Å². The van der Waals surface area contributed by atoms with E-state index in [0.29, 0.717) is 6.61 Å². The second kappa shape index (κ2) is 11.2. The molecule has 0 aromatic carbocycles. The van der Waals surface area contributed by atoms with Crippen molar-refractivity contribution in [3.63, 3.8) is 0 Å². The largest absolute Gasteiger partial charge is 0.462 e. The molecule has 0 atom stereocenters. The quantitative estimate of drug-likeness (QED) is 0.302. The minimum absolute atomic E-state index is 0.0444. The Hall–Kier alpha value is -2.41. The van der Waals surface area contributed by atoms with Crippen molar-refractivity contribution in [2.75, 3.05) is 33.0 Å². The van der Waals surface area contributed by atoms with Crippen LogP contribution in [0.25, 0.3) is 0 Å². The molecule has 0 radical (unpaired) electrons. The van der Waals surface area contributed by atoms with Gasteiger partial charge < -0.3 is 18.9 Å². The Morgan fingerprint density at radius 3 is 1.39 bits per heavy atom.